The summed E-state index contributed by atoms with van der Waals surface area (Å²) in [6.45, 7) is 18.7. The lowest BCUT2D eigenvalue weighted by molar-refractivity contribution is 0.351. The van der Waals surface area contributed by atoms with Crippen LogP contribution in [0.2, 0.25) is 27.8 Å². The van der Waals surface area contributed by atoms with Gasteiger partial charge in [0.05, 0.1) is 0 Å². The predicted molar refractivity (Wildman–Crippen MR) is 90.7 cm³/mol. The van der Waals surface area contributed by atoms with Crippen molar-refractivity contribution in [2.24, 2.45) is 0 Å². The van der Waals surface area contributed by atoms with E-state index < -0.39 is 16.6 Å². The Morgan fingerprint density at radius 2 is 0.789 bits per heavy atom. The molecule has 0 spiro atoms. The first kappa shape index (κ1) is 19.4. The highest BCUT2D eigenvalue weighted by molar-refractivity contribution is 6.94. The third-order valence-corrected chi connectivity index (χ3v) is 19.0. The summed E-state index contributed by atoms with van der Waals surface area (Å²) in [5.74, 6) is 0. The molecule has 0 aromatic carbocycles. The molecule has 0 atom stereocenters. The quantitative estimate of drug-likeness (QED) is 0.563. The van der Waals surface area contributed by atoms with Crippen LogP contribution in [0.25, 0.3) is 0 Å². The molecule has 4 heteroatoms. The van der Waals surface area contributed by atoms with E-state index in [1.165, 1.54) is 5.67 Å². The smallest absolute Gasteiger partial charge is 0.196 e. The summed E-state index contributed by atoms with van der Waals surface area (Å²) >= 11 is 0. The molecule has 0 bridgehead atoms. The number of hydrogen-bond donors (Lipinski definition) is 0. The lowest BCUT2D eigenvalue weighted by Gasteiger charge is -2.47. The van der Waals surface area contributed by atoms with Gasteiger partial charge >= 0.3 is 0 Å². The molecule has 0 radical (unpaired) electrons. The van der Waals surface area contributed by atoms with Crippen molar-refractivity contribution >= 4 is 16.6 Å². The van der Waals surface area contributed by atoms with Crippen LogP contribution in [0.1, 0.15) is 55.4 Å². The van der Waals surface area contributed by atoms with Gasteiger partial charge in [0.25, 0.3) is 0 Å². The molecule has 2 nitrogen and oxygen atoms in total. The van der Waals surface area contributed by atoms with E-state index in [2.05, 4.69) is 55.4 Å². The first-order valence-electron chi connectivity index (χ1n) is 7.71. The van der Waals surface area contributed by atoms with Crippen molar-refractivity contribution in [3.05, 3.63) is 0 Å². The fourth-order valence-corrected chi connectivity index (χ4v) is 19.4. The van der Waals surface area contributed by atoms with Crippen molar-refractivity contribution in [1.82, 2.24) is 0 Å². The summed E-state index contributed by atoms with van der Waals surface area (Å²) in [4.78, 5) is 0. The summed E-state index contributed by atoms with van der Waals surface area (Å²) in [6.07, 6.45) is 0. The standard InChI is InChI=1S/C15H36O2Si2/c1-12(2)18(16-9,13(3)4)11-19(17-10,14(5)6)15(7)8/h12-15H,11H2,1-10H3. The van der Waals surface area contributed by atoms with E-state index in [9.17, 15) is 0 Å². The Kier molecular flexibility index (Phi) is 7.52. The zero-order chi connectivity index (χ0) is 15.4. The normalized spacial score (nSPS) is 14.2. The topological polar surface area (TPSA) is 18.5 Å². The molecule has 0 aromatic rings. The van der Waals surface area contributed by atoms with Gasteiger partial charge in [-0.25, -0.2) is 0 Å². The van der Waals surface area contributed by atoms with Crippen molar-refractivity contribution in [3.63, 3.8) is 0 Å². The summed E-state index contributed by atoms with van der Waals surface area (Å²) in [6, 6.07) is 0. The minimum Gasteiger partial charge on any atom is -0.420 e. The van der Waals surface area contributed by atoms with Crippen LogP contribution in [0.4, 0.5) is 0 Å². The van der Waals surface area contributed by atoms with Gasteiger partial charge in [-0.05, 0) is 27.8 Å². The SMILES string of the molecule is CO[Si](C[Si](OC)(C(C)C)C(C)C)(C(C)C)C(C)C. The van der Waals surface area contributed by atoms with E-state index >= 15 is 0 Å². The van der Waals surface area contributed by atoms with Gasteiger partial charge in [-0.2, -0.15) is 0 Å². The predicted octanol–water partition coefficient (Wildman–Crippen LogP) is 5.35. The van der Waals surface area contributed by atoms with Crippen molar-refractivity contribution in [1.29, 1.82) is 0 Å². The van der Waals surface area contributed by atoms with Crippen LogP contribution < -0.4 is 0 Å². The second-order valence-corrected chi connectivity index (χ2v) is 17.8. The van der Waals surface area contributed by atoms with Gasteiger partial charge in [0.15, 0.2) is 16.6 Å². The first-order chi connectivity index (χ1) is 8.60. The Balaban J connectivity index is 5.62. The molecule has 0 aliphatic carbocycles. The molecule has 0 N–H and O–H groups in total. The van der Waals surface area contributed by atoms with Gasteiger partial charge in [-0.1, -0.05) is 55.4 Å². The molecule has 0 aliphatic heterocycles. The molecule has 0 saturated carbocycles. The molecule has 19 heavy (non-hydrogen) atoms. The minimum atomic E-state index is -1.77. The number of rotatable bonds is 8. The molecular formula is C15H36O2Si2. The lowest BCUT2D eigenvalue weighted by Crippen LogP contribution is -2.56. The molecule has 0 aliphatic rings. The van der Waals surface area contributed by atoms with Gasteiger partial charge < -0.3 is 8.85 Å². The fraction of sp³-hybridized carbons (Fsp3) is 1.00. The molecule has 0 rings (SSSR count). The van der Waals surface area contributed by atoms with Crippen LogP contribution in [-0.2, 0) is 8.85 Å². The maximum atomic E-state index is 6.21. The van der Waals surface area contributed by atoms with E-state index in [4.69, 9.17) is 8.85 Å². The second-order valence-electron chi connectivity index (χ2n) is 7.11. The van der Waals surface area contributed by atoms with Gasteiger partial charge in [0, 0.05) is 14.2 Å². The maximum Gasteiger partial charge on any atom is 0.196 e. The molecule has 0 heterocycles. The van der Waals surface area contributed by atoms with Crippen molar-refractivity contribution < 1.29 is 8.85 Å². The molecule has 116 valence electrons. The Bertz CT molecular complexity index is 221. The van der Waals surface area contributed by atoms with E-state index in [0.717, 1.165) is 0 Å². The minimum absolute atomic E-state index is 0.636. The van der Waals surface area contributed by atoms with Gasteiger partial charge in [0.2, 0.25) is 0 Å². The van der Waals surface area contributed by atoms with Gasteiger partial charge in [0.1, 0.15) is 0 Å². The maximum absolute atomic E-state index is 6.21. The Morgan fingerprint density at radius 1 is 0.579 bits per heavy atom. The van der Waals surface area contributed by atoms with Crippen molar-refractivity contribution in [2.45, 2.75) is 83.2 Å². The Labute approximate surface area is 123 Å². The molecular weight excluding hydrogens is 268 g/mol. The molecule has 0 saturated heterocycles. The monoisotopic (exact) mass is 304 g/mol. The Morgan fingerprint density at radius 3 is 0.895 bits per heavy atom. The first-order valence-corrected chi connectivity index (χ1v) is 12.2. The van der Waals surface area contributed by atoms with Crippen molar-refractivity contribution in [2.75, 3.05) is 14.2 Å². The van der Waals surface area contributed by atoms with Crippen LogP contribution in [0.15, 0.2) is 0 Å². The lowest BCUT2D eigenvalue weighted by atomic mass is 10.5. The third-order valence-electron chi connectivity index (χ3n) is 5.22. The zero-order valence-corrected chi connectivity index (χ0v) is 16.8. The van der Waals surface area contributed by atoms with Crippen LogP contribution in [0.3, 0.4) is 0 Å². The highest BCUT2D eigenvalue weighted by atomic mass is 28.4. The van der Waals surface area contributed by atoms with Gasteiger partial charge in [-0.15, -0.1) is 0 Å². The second kappa shape index (κ2) is 7.39. The fourth-order valence-electron chi connectivity index (χ4n) is 3.67. The average Bonchev–Trinajstić information content (AvgIpc) is 2.29. The van der Waals surface area contributed by atoms with Crippen LogP contribution in [0.5, 0.6) is 0 Å². The summed E-state index contributed by atoms with van der Waals surface area (Å²) < 4.78 is 12.4. The van der Waals surface area contributed by atoms with Crippen molar-refractivity contribution in [3.8, 4) is 0 Å². The summed E-state index contributed by atoms with van der Waals surface area (Å²) in [7, 11) is 0.326. The highest BCUT2D eigenvalue weighted by Crippen LogP contribution is 2.46. The summed E-state index contributed by atoms with van der Waals surface area (Å²) in [5.41, 5.74) is 3.76. The highest BCUT2D eigenvalue weighted by Gasteiger charge is 2.52. The molecule has 0 amide bonds. The Hall–Kier alpha value is 0.354. The van der Waals surface area contributed by atoms with Gasteiger partial charge in [-0.3, -0.25) is 0 Å². The molecule has 0 unspecified atom stereocenters. The third kappa shape index (κ3) is 3.71. The van der Waals surface area contributed by atoms with Crippen LogP contribution >= 0.6 is 0 Å². The van der Waals surface area contributed by atoms with E-state index in [-0.39, 0.29) is 0 Å². The zero-order valence-electron chi connectivity index (χ0n) is 14.8. The average molecular weight is 305 g/mol. The number of hydrogen-bond acceptors (Lipinski definition) is 2. The molecule has 0 fully saturated rings. The van der Waals surface area contributed by atoms with E-state index in [1.54, 1.807) is 0 Å². The molecule has 0 aromatic heterocycles. The van der Waals surface area contributed by atoms with E-state index in [0.29, 0.717) is 22.2 Å². The largest absolute Gasteiger partial charge is 0.420 e. The van der Waals surface area contributed by atoms with E-state index in [1.807, 2.05) is 14.2 Å². The summed E-state index contributed by atoms with van der Waals surface area (Å²) in [5, 5.41) is 0. The van der Waals surface area contributed by atoms with Crippen LogP contribution in [0, 0.1) is 0 Å². The van der Waals surface area contributed by atoms with Crippen LogP contribution in [-0.4, -0.2) is 30.9 Å².